The molecule has 6 N–H and O–H groups in total. The van der Waals surface area contributed by atoms with Crippen LogP contribution in [0, 0.1) is 10.8 Å². The molecule has 0 radical (unpaired) electrons. The summed E-state index contributed by atoms with van der Waals surface area (Å²) in [4.78, 5) is 0. The molecule has 2 unspecified atom stereocenters. The molecule has 2 atom stereocenters. The van der Waals surface area contributed by atoms with Crippen LogP contribution in [0.5, 0.6) is 0 Å². The van der Waals surface area contributed by atoms with Gasteiger partial charge in [-0.2, -0.15) is 0 Å². The Kier molecular flexibility index (Phi) is 19.5. The minimum Gasteiger partial charge on any atom is -0.330 e. The summed E-state index contributed by atoms with van der Waals surface area (Å²) >= 11 is 0. The summed E-state index contributed by atoms with van der Waals surface area (Å²) < 4.78 is 0. The Labute approximate surface area is 154 Å². The molecule has 0 saturated carbocycles. The third-order valence-corrected chi connectivity index (χ3v) is 4.62. The Morgan fingerprint density at radius 1 is 0.792 bits per heavy atom. The van der Waals surface area contributed by atoms with Crippen molar-refractivity contribution in [3.63, 3.8) is 0 Å². The fourth-order valence-corrected chi connectivity index (χ4v) is 2.18. The van der Waals surface area contributed by atoms with Crippen molar-refractivity contribution in [2.45, 2.75) is 119 Å². The molecule has 3 heteroatoms. The average Bonchev–Trinajstić information content (AvgIpc) is 2.46. The third-order valence-electron chi connectivity index (χ3n) is 4.62. The predicted molar refractivity (Wildman–Crippen MR) is 113 cm³/mol. The summed E-state index contributed by atoms with van der Waals surface area (Å²) in [6.07, 6.45) is 8.66. The first-order chi connectivity index (χ1) is 10.9. The lowest BCUT2D eigenvalue weighted by atomic mass is 9.82. The Hall–Kier alpha value is -0.120. The smallest absolute Gasteiger partial charge is 0.00617 e. The fourth-order valence-electron chi connectivity index (χ4n) is 2.18. The van der Waals surface area contributed by atoms with Crippen molar-refractivity contribution in [3.05, 3.63) is 0 Å². The van der Waals surface area contributed by atoms with Gasteiger partial charge < -0.3 is 17.2 Å². The van der Waals surface area contributed by atoms with E-state index in [9.17, 15) is 0 Å². The zero-order valence-electron chi connectivity index (χ0n) is 18.5. The number of nitrogens with two attached hydrogens (primary N) is 3. The number of hydrogen-bond donors (Lipinski definition) is 3. The zero-order valence-corrected chi connectivity index (χ0v) is 18.5. The van der Waals surface area contributed by atoms with Gasteiger partial charge in [0.25, 0.3) is 0 Å². The molecule has 3 nitrogen and oxygen atoms in total. The Balaban J connectivity index is -0.000000278. The highest BCUT2D eigenvalue weighted by molar-refractivity contribution is 4.76. The molecule has 0 rings (SSSR count). The molecule has 0 fully saturated rings. The maximum atomic E-state index is 5.76. The lowest BCUT2D eigenvalue weighted by Crippen LogP contribution is -2.34. The first kappa shape index (κ1) is 28.7. The minimum absolute atomic E-state index is 0.317. The molecule has 0 aromatic rings. The minimum atomic E-state index is 0.317. The van der Waals surface area contributed by atoms with Crippen LogP contribution >= 0.6 is 0 Å². The van der Waals surface area contributed by atoms with E-state index in [0.717, 1.165) is 6.54 Å². The lowest BCUT2D eigenvalue weighted by molar-refractivity contribution is 0.274. The second kappa shape index (κ2) is 16.4. The van der Waals surface area contributed by atoms with Gasteiger partial charge in [-0.05, 0) is 50.5 Å². The van der Waals surface area contributed by atoms with Gasteiger partial charge in [0.05, 0.1) is 0 Å². The zero-order chi connectivity index (χ0) is 19.8. The molecule has 0 spiro atoms. The van der Waals surface area contributed by atoms with Gasteiger partial charge in [-0.1, -0.05) is 74.1 Å². The number of hydrogen-bond acceptors (Lipinski definition) is 3. The van der Waals surface area contributed by atoms with Crippen molar-refractivity contribution in [3.8, 4) is 0 Å². The molecule has 0 aliphatic heterocycles. The monoisotopic (exact) mass is 345 g/mol. The van der Waals surface area contributed by atoms with E-state index in [1.165, 1.54) is 44.9 Å². The van der Waals surface area contributed by atoms with Crippen LogP contribution in [0.4, 0.5) is 0 Å². The van der Waals surface area contributed by atoms with E-state index >= 15 is 0 Å². The maximum Gasteiger partial charge on any atom is 0.00617 e. The van der Waals surface area contributed by atoms with Gasteiger partial charge in [-0.3, -0.25) is 0 Å². The van der Waals surface area contributed by atoms with E-state index in [1.54, 1.807) is 0 Å². The van der Waals surface area contributed by atoms with Gasteiger partial charge >= 0.3 is 0 Å². The van der Waals surface area contributed by atoms with Gasteiger partial charge in [0.15, 0.2) is 0 Å². The summed E-state index contributed by atoms with van der Waals surface area (Å²) in [5.74, 6) is 0. The molecule has 0 aromatic carbocycles. The number of rotatable bonds is 9. The molecule has 0 aliphatic rings. The first-order valence-electron chi connectivity index (χ1n) is 10.1. The van der Waals surface area contributed by atoms with Crippen LogP contribution in [0.25, 0.3) is 0 Å². The Bertz CT molecular complexity index is 245. The van der Waals surface area contributed by atoms with E-state index in [0.29, 0.717) is 22.9 Å². The summed E-state index contributed by atoms with van der Waals surface area (Å²) in [5.41, 5.74) is 17.4. The van der Waals surface area contributed by atoms with Crippen LogP contribution in [0.2, 0.25) is 0 Å². The van der Waals surface area contributed by atoms with E-state index in [1.807, 2.05) is 0 Å². The van der Waals surface area contributed by atoms with Gasteiger partial charge in [-0.15, -0.1) is 0 Å². The number of unbranched alkanes of at least 4 members (excludes halogenated alkanes) is 1. The van der Waals surface area contributed by atoms with Crippen LogP contribution in [0.3, 0.4) is 0 Å². The molecule has 24 heavy (non-hydrogen) atoms. The van der Waals surface area contributed by atoms with Crippen LogP contribution in [0.15, 0.2) is 0 Å². The van der Waals surface area contributed by atoms with Crippen molar-refractivity contribution in [2.75, 3.05) is 6.54 Å². The van der Waals surface area contributed by atoms with E-state index in [2.05, 4.69) is 62.3 Å². The summed E-state index contributed by atoms with van der Waals surface area (Å²) in [6, 6.07) is 0.720. The van der Waals surface area contributed by atoms with Gasteiger partial charge in [0.2, 0.25) is 0 Å². The maximum absolute atomic E-state index is 5.76. The van der Waals surface area contributed by atoms with Crippen LogP contribution in [-0.4, -0.2) is 18.6 Å². The molecular weight excluding hydrogens is 294 g/mol. The van der Waals surface area contributed by atoms with E-state index in [4.69, 9.17) is 17.2 Å². The van der Waals surface area contributed by atoms with E-state index < -0.39 is 0 Å². The van der Waals surface area contributed by atoms with Gasteiger partial charge in [0.1, 0.15) is 0 Å². The van der Waals surface area contributed by atoms with Gasteiger partial charge in [0, 0.05) is 12.1 Å². The molecule has 0 aromatic heterocycles. The van der Waals surface area contributed by atoms with E-state index in [-0.39, 0.29) is 0 Å². The highest BCUT2D eigenvalue weighted by Crippen LogP contribution is 2.24. The standard InChI is InChI=1S/C8H19N.C7H17N.C6H15N/c1-5-6-8(3,4)7(2)9;1-4-5-7(2,3)6-8;1-3-4-5-6(2)7/h7H,5-6,9H2,1-4H3;4-6,8H2,1-3H3;6H,3-5,7H2,1-2H3. The molecule has 0 heterocycles. The van der Waals surface area contributed by atoms with Crippen molar-refractivity contribution < 1.29 is 0 Å². The van der Waals surface area contributed by atoms with Crippen molar-refractivity contribution in [2.24, 2.45) is 28.0 Å². The second-order valence-corrected chi connectivity index (χ2v) is 8.77. The molecule has 150 valence electrons. The quantitative estimate of drug-likeness (QED) is 0.519. The van der Waals surface area contributed by atoms with Crippen molar-refractivity contribution in [1.29, 1.82) is 0 Å². The third kappa shape index (κ3) is 21.9. The highest BCUT2D eigenvalue weighted by Gasteiger charge is 2.20. The van der Waals surface area contributed by atoms with Crippen molar-refractivity contribution >= 4 is 0 Å². The molecule has 0 saturated heterocycles. The first-order valence-corrected chi connectivity index (χ1v) is 10.1. The fraction of sp³-hybridized carbons (Fsp3) is 1.00. The largest absolute Gasteiger partial charge is 0.330 e. The van der Waals surface area contributed by atoms with Crippen LogP contribution in [-0.2, 0) is 0 Å². The van der Waals surface area contributed by atoms with Crippen LogP contribution in [0.1, 0.15) is 107 Å². The average molecular weight is 346 g/mol. The summed E-state index contributed by atoms with van der Waals surface area (Å²) in [5, 5.41) is 0. The SMILES string of the molecule is CCCC(C)(C)C(C)N.CCCC(C)(C)CN.CCCCC(C)N. The Morgan fingerprint density at radius 3 is 1.38 bits per heavy atom. The normalized spacial score (nSPS) is 14.0. The van der Waals surface area contributed by atoms with Crippen molar-refractivity contribution in [1.82, 2.24) is 0 Å². The summed E-state index contributed by atoms with van der Waals surface area (Å²) in [7, 11) is 0. The molecule has 0 amide bonds. The van der Waals surface area contributed by atoms with Gasteiger partial charge in [-0.25, -0.2) is 0 Å². The predicted octanol–water partition coefficient (Wildman–Crippen LogP) is 5.46. The molecule has 0 bridgehead atoms. The highest BCUT2D eigenvalue weighted by atomic mass is 14.7. The molecule has 0 aliphatic carbocycles. The Morgan fingerprint density at radius 2 is 1.25 bits per heavy atom. The second-order valence-electron chi connectivity index (χ2n) is 8.77. The lowest BCUT2D eigenvalue weighted by Gasteiger charge is -2.28. The summed E-state index contributed by atoms with van der Waals surface area (Å²) in [6.45, 7) is 20.4. The topological polar surface area (TPSA) is 78.1 Å². The van der Waals surface area contributed by atoms with Crippen LogP contribution < -0.4 is 17.2 Å². The molecular formula is C21H51N3.